The van der Waals surface area contributed by atoms with Crippen LogP contribution in [0.4, 0.5) is 0 Å². The molecule has 0 radical (unpaired) electrons. The van der Waals surface area contributed by atoms with E-state index < -0.39 is 10.3 Å². The highest BCUT2D eigenvalue weighted by atomic mass is 32.2. The molecule has 0 N–H and O–H groups in total. The Labute approximate surface area is 91.1 Å². The first-order chi connectivity index (χ1) is 7.30. The largest absolute Gasteiger partial charge is 0.217 e. The lowest BCUT2D eigenvalue weighted by molar-refractivity contribution is 0.627. The van der Waals surface area contributed by atoms with Crippen molar-refractivity contribution in [3.63, 3.8) is 0 Å². The van der Waals surface area contributed by atoms with Crippen molar-refractivity contribution in [1.82, 2.24) is 0 Å². The Morgan fingerprint density at radius 3 is 1.67 bits per heavy atom. The molecule has 2 rings (SSSR count). The highest BCUT2D eigenvalue weighted by Gasteiger charge is 1.94. The molecular formula is C12H12O2S. The van der Waals surface area contributed by atoms with Crippen molar-refractivity contribution in [2.45, 2.75) is 6.42 Å². The minimum atomic E-state index is -2.02. The highest BCUT2D eigenvalue weighted by molar-refractivity contribution is 7.73. The van der Waals surface area contributed by atoms with Crippen molar-refractivity contribution < 1.29 is 8.42 Å². The Balaban J connectivity index is 0.000000162. The first kappa shape index (κ1) is 11.5. The average Bonchev–Trinajstić information content (AvgIpc) is 2.33. The highest BCUT2D eigenvalue weighted by Crippen LogP contribution is 1.96. The van der Waals surface area contributed by atoms with Crippen LogP contribution in [0.25, 0.3) is 0 Å². The minimum absolute atomic E-state index is 0.456. The Hall–Kier alpha value is -1.61. The van der Waals surface area contributed by atoms with Gasteiger partial charge >= 0.3 is 0 Å². The Kier molecular flexibility index (Phi) is 5.19. The molecule has 15 heavy (non-hydrogen) atoms. The first-order valence-corrected chi connectivity index (χ1v) is 5.66. The third-order valence-electron chi connectivity index (χ3n) is 1.73. The van der Waals surface area contributed by atoms with Crippen LogP contribution in [-0.2, 0) is 10.3 Å². The molecule has 1 aromatic carbocycles. The van der Waals surface area contributed by atoms with Crippen LogP contribution in [0.1, 0.15) is 6.42 Å². The van der Waals surface area contributed by atoms with Gasteiger partial charge in [0.25, 0.3) is 0 Å². The van der Waals surface area contributed by atoms with Crippen LogP contribution in [0.2, 0.25) is 0 Å². The first-order valence-electron chi connectivity index (χ1n) is 4.59. The second-order valence-electron chi connectivity index (χ2n) is 2.85. The van der Waals surface area contributed by atoms with Gasteiger partial charge in [-0.25, -0.2) is 0 Å². The molecule has 1 aromatic rings. The van der Waals surface area contributed by atoms with Gasteiger partial charge in [0.1, 0.15) is 0 Å². The monoisotopic (exact) mass is 220 g/mol. The van der Waals surface area contributed by atoms with Crippen LogP contribution in [-0.4, -0.2) is 13.3 Å². The molecule has 1 aliphatic rings. The van der Waals surface area contributed by atoms with Gasteiger partial charge in [-0.15, -0.1) is 0 Å². The molecule has 0 bridgehead atoms. The van der Waals surface area contributed by atoms with Crippen LogP contribution >= 0.6 is 0 Å². The van der Waals surface area contributed by atoms with Crippen LogP contribution in [0.3, 0.4) is 0 Å². The van der Waals surface area contributed by atoms with E-state index in [4.69, 9.17) is 0 Å². The van der Waals surface area contributed by atoms with E-state index in [9.17, 15) is 8.42 Å². The molecule has 78 valence electrons. The predicted octanol–water partition coefficient (Wildman–Crippen LogP) is 2.24. The SMILES string of the molecule is O=S(=O)=C1C=CC=CC1.c1ccccc1. The molecule has 2 nitrogen and oxygen atoms in total. The summed E-state index contributed by atoms with van der Waals surface area (Å²) in [5.74, 6) is 0. The average molecular weight is 220 g/mol. The maximum absolute atomic E-state index is 10.2. The predicted molar refractivity (Wildman–Crippen MR) is 63.3 cm³/mol. The summed E-state index contributed by atoms with van der Waals surface area (Å²) >= 11 is 0. The third kappa shape index (κ3) is 4.98. The minimum Gasteiger partial charge on any atom is -0.184 e. The summed E-state index contributed by atoms with van der Waals surface area (Å²) in [5.41, 5.74) is 0. The van der Waals surface area contributed by atoms with Gasteiger partial charge in [0.15, 0.2) is 0 Å². The zero-order valence-electron chi connectivity index (χ0n) is 8.21. The lowest BCUT2D eigenvalue weighted by Gasteiger charge is -1.91. The van der Waals surface area contributed by atoms with Crippen molar-refractivity contribution in [2.75, 3.05) is 0 Å². The van der Waals surface area contributed by atoms with Crippen molar-refractivity contribution in [3.05, 3.63) is 60.7 Å². The van der Waals surface area contributed by atoms with Gasteiger partial charge in [-0.1, -0.05) is 54.6 Å². The molecule has 0 spiro atoms. The van der Waals surface area contributed by atoms with Crippen molar-refractivity contribution in [3.8, 4) is 0 Å². The fraction of sp³-hybridized carbons (Fsp3) is 0.0833. The second-order valence-corrected chi connectivity index (χ2v) is 3.84. The molecular weight excluding hydrogens is 208 g/mol. The molecule has 0 atom stereocenters. The Morgan fingerprint density at radius 1 is 0.867 bits per heavy atom. The van der Waals surface area contributed by atoms with Crippen LogP contribution < -0.4 is 0 Å². The van der Waals surface area contributed by atoms with Gasteiger partial charge in [-0.2, -0.15) is 8.42 Å². The number of allylic oxidation sites excluding steroid dienone is 4. The Bertz CT molecular complexity index is 433. The van der Waals surface area contributed by atoms with E-state index in [-0.39, 0.29) is 0 Å². The van der Waals surface area contributed by atoms with E-state index >= 15 is 0 Å². The topological polar surface area (TPSA) is 34.1 Å². The van der Waals surface area contributed by atoms with Crippen molar-refractivity contribution >= 4 is 15.2 Å². The molecule has 0 saturated carbocycles. The summed E-state index contributed by atoms with van der Waals surface area (Å²) in [6, 6.07) is 12.0. The molecule has 0 aliphatic heterocycles. The summed E-state index contributed by atoms with van der Waals surface area (Å²) in [4.78, 5) is 0.456. The van der Waals surface area contributed by atoms with Gasteiger partial charge in [-0.05, 0) is 6.08 Å². The lowest BCUT2D eigenvalue weighted by atomic mass is 10.2. The van der Waals surface area contributed by atoms with E-state index in [0.29, 0.717) is 11.3 Å². The summed E-state index contributed by atoms with van der Waals surface area (Å²) in [6.07, 6.45) is 7.49. The van der Waals surface area contributed by atoms with E-state index in [2.05, 4.69) is 0 Å². The zero-order valence-corrected chi connectivity index (χ0v) is 9.02. The molecule has 0 fully saturated rings. The maximum Gasteiger partial charge on any atom is 0.217 e. The number of rotatable bonds is 0. The molecule has 0 unspecified atom stereocenters. The summed E-state index contributed by atoms with van der Waals surface area (Å²) in [7, 11) is -2.02. The molecule has 0 heterocycles. The normalized spacial score (nSPS) is 12.9. The molecule has 0 aromatic heterocycles. The zero-order chi connectivity index (χ0) is 10.9. The van der Waals surface area contributed by atoms with E-state index in [1.165, 1.54) is 0 Å². The van der Waals surface area contributed by atoms with Gasteiger partial charge in [-0.3, -0.25) is 0 Å². The maximum atomic E-state index is 10.2. The Morgan fingerprint density at radius 2 is 1.40 bits per heavy atom. The van der Waals surface area contributed by atoms with Gasteiger partial charge < -0.3 is 0 Å². The molecule has 0 amide bonds. The quantitative estimate of drug-likeness (QED) is 0.628. The van der Waals surface area contributed by atoms with Crippen LogP contribution in [0.5, 0.6) is 0 Å². The fourth-order valence-corrected chi connectivity index (χ4v) is 1.42. The van der Waals surface area contributed by atoms with Gasteiger partial charge in [0.2, 0.25) is 10.3 Å². The second kappa shape index (κ2) is 6.79. The third-order valence-corrected chi connectivity index (χ3v) is 2.46. The van der Waals surface area contributed by atoms with Gasteiger partial charge in [0.05, 0.1) is 4.86 Å². The smallest absolute Gasteiger partial charge is 0.184 e. The van der Waals surface area contributed by atoms with E-state index in [1.54, 1.807) is 12.2 Å². The lowest BCUT2D eigenvalue weighted by Crippen LogP contribution is -1.94. The standard InChI is InChI=1S/C6H6O2S.C6H6/c7-9(8)6-4-2-1-3-5-6;1-2-4-6-5-3-1/h1-4H,5H2;1-6H. The number of hydrogen-bond acceptors (Lipinski definition) is 2. The van der Waals surface area contributed by atoms with Gasteiger partial charge in [0, 0.05) is 6.42 Å². The summed E-state index contributed by atoms with van der Waals surface area (Å²) in [5, 5.41) is 0. The van der Waals surface area contributed by atoms with E-state index in [1.807, 2.05) is 48.6 Å². The molecule has 1 aliphatic carbocycles. The number of hydrogen-bond donors (Lipinski definition) is 0. The molecule has 0 saturated heterocycles. The number of benzene rings is 1. The van der Waals surface area contributed by atoms with Crippen LogP contribution in [0, 0.1) is 0 Å². The van der Waals surface area contributed by atoms with Crippen molar-refractivity contribution in [2.24, 2.45) is 0 Å². The van der Waals surface area contributed by atoms with E-state index in [0.717, 1.165) is 0 Å². The van der Waals surface area contributed by atoms with Crippen LogP contribution in [0.15, 0.2) is 60.7 Å². The molecule has 3 heteroatoms. The summed E-state index contributed by atoms with van der Waals surface area (Å²) in [6.45, 7) is 0. The summed E-state index contributed by atoms with van der Waals surface area (Å²) < 4.78 is 20.5. The van der Waals surface area contributed by atoms with Crippen molar-refractivity contribution in [1.29, 1.82) is 0 Å². The fourth-order valence-electron chi connectivity index (χ4n) is 1.00.